The minimum Gasteiger partial charge on any atom is -0.481 e. The number of thiophene rings is 1. The van der Waals surface area contributed by atoms with E-state index in [1.54, 1.807) is 0 Å². The Bertz CT molecular complexity index is 358. The summed E-state index contributed by atoms with van der Waals surface area (Å²) in [6.45, 7) is 1.55. The van der Waals surface area contributed by atoms with Crippen molar-refractivity contribution in [3.05, 3.63) is 32.0 Å². The van der Waals surface area contributed by atoms with Gasteiger partial charge in [0.15, 0.2) is 0 Å². The molecule has 0 aliphatic heterocycles. The van der Waals surface area contributed by atoms with Crippen molar-refractivity contribution in [3.8, 4) is 0 Å². The van der Waals surface area contributed by atoms with Gasteiger partial charge in [-0.1, -0.05) is 0 Å². The number of carbonyl (C=O) groups is 1. The largest absolute Gasteiger partial charge is 0.481 e. The average molecular weight is 229 g/mol. The van der Waals surface area contributed by atoms with Crippen LogP contribution in [0.25, 0.3) is 0 Å². The maximum Gasteiger partial charge on any atom is 0.304 e. The van der Waals surface area contributed by atoms with Crippen LogP contribution in [0.15, 0.2) is 11.4 Å². The maximum atomic E-state index is 10.6. The first kappa shape index (κ1) is 11.6. The fraction of sp³-hybridized carbons (Fsp3) is 0.444. The zero-order chi connectivity index (χ0) is 11.4. The minimum atomic E-state index is -1.01. The van der Waals surface area contributed by atoms with Gasteiger partial charge in [-0.3, -0.25) is 14.9 Å². The van der Waals surface area contributed by atoms with Gasteiger partial charge < -0.3 is 5.11 Å². The molecule has 0 aliphatic carbocycles. The van der Waals surface area contributed by atoms with E-state index >= 15 is 0 Å². The van der Waals surface area contributed by atoms with Crippen LogP contribution in [-0.2, 0) is 4.79 Å². The lowest BCUT2D eigenvalue weighted by molar-refractivity contribution is -0.483. The van der Waals surface area contributed by atoms with Crippen LogP contribution < -0.4 is 0 Å². The first-order valence-electron chi connectivity index (χ1n) is 4.37. The smallest absolute Gasteiger partial charge is 0.304 e. The number of carboxylic acids is 1. The zero-order valence-corrected chi connectivity index (χ0v) is 8.99. The van der Waals surface area contributed by atoms with E-state index in [-0.39, 0.29) is 13.0 Å². The van der Waals surface area contributed by atoms with Crippen molar-refractivity contribution in [1.82, 2.24) is 0 Å². The summed E-state index contributed by atoms with van der Waals surface area (Å²) in [5.74, 6) is -1.52. The molecule has 82 valence electrons. The lowest BCUT2D eigenvalue weighted by atomic mass is 10.0. The fourth-order valence-electron chi connectivity index (χ4n) is 1.31. The topological polar surface area (TPSA) is 80.4 Å². The van der Waals surface area contributed by atoms with Crippen LogP contribution in [0.1, 0.15) is 22.8 Å². The second kappa shape index (κ2) is 4.88. The molecular formula is C9H11NO4S. The Morgan fingerprint density at radius 2 is 2.40 bits per heavy atom. The van der Waals surface area contributed by atoms with Crippen molar-refractivity contribution < 1.29 is 14.8 Å². The van der Waals surface area contributed by atoms with E-state index in [9.17, 15) is 14.9 Å². The third-order valence-corrected chi connectivity index (χ3v) is 3.16. The number of aliphatic carboxylic acids is 1. The molecule has 0 fully saturated rings. The molecule has 15 heavy (non-hydrogen) atoms. The van der Waals surface area contributed by atoms with Gasteiger partial charge in [0.25, 0.3) is 0 Å². The molecule has 0 saturated heterocycles. The van der Waals surface area contributed by atoms with E-state index in [2.05, 4.69) is 0 Å². The summed E-state index contributed by atoms with van der Waals surface area (Å²) in [5, 5.41) is 20.9. The van der Waals surface area contributed by atoms with Gasteiger partial charge in [-0.05, 0) is 23.9 Å². The highest BCUT2D eigenvalue weighted by atomic mass is 32.1. The second-order valence-corrected chi connectivity index (χ2v) is 4.28. The maximum absolute atomic E-state index is 10.6. The molecule has 0 aromatic carbocycles. The Kier molecular flexibility index (Phi) is 3.79. The van der Waals surface area contributed by atoms with Crippen molar-refractivity contribution in [3.63, 3.8) is 0 Å². The highest BCUT2D eigenvalue weighted by molar-refractivity contribution is 7.10. The predicted octanol–water partition coefficient (Wildman–Crippen LogP) is 1.89. The number of nitro groups is 1. The molecule has 0 amide bonds. The standard InChI is InChI=1S/C9H11NO4S/c1-6-2-8(15-5-6)7(3-9(11)12)4-10(13)14/h2,5,7H,3-4H2,1H3,(H,11,12). The van der Waals surface area contributed by atoms with E-state index in [0.29, 0.717) is 0 Å². The van der Waals surface area contributed by atoms with Crippen molar-refractivity contribution >= 4 is 17.3 Å². The number of aryl methyl sites for hydroxylation is 1. The number of nitrogens with zero attached hydrogens (tertiary/aromatic N) is 1. The summed E-state index contributed by atoms with van der Waals surface area (Å²) in [6.07, 6.45) is -0.194. The van der Waals surface area contributed by atoms with Crippen LogP contribution in [0.4, 0.5) is 0 Å². The Balaban J connectivity index is 2.80. The van der Waals surface area contributed by atoms with Gasteiger partial charge in [-0.25, -0.2) is 0 Å². The molecule has 5 nitrogen and oxygen atoms in total. The first-order chi connectivity index (χ1) is 6.99. The van der Waals surface area contributed by atoms with Crippen molar-refractivity contribution in [2.45, 2.75) is 19.3 Å². The zero-order valence-electron chi connectivity index (χ0n) is 8.17. The van der Waals surface area contributed by atoms with Crippen molar-refractivity contribution in [2.24, 2.45) is 0 Å². The van der Waals surface area contributed by atoms with Crippen LogP contribution in [0, 0.1) is 17.0 Å². The summed E-state index contributed by atoms with van der Waals surface area (Å²) in [7, 11) is 0. The van der Waals surface area contributed by atoms with Crippen molar-refractivity contribution in [2.75, 3.05) is 6.54 Å². The van der Waals surface area contributed by atoms with Crippen LogP contribution in [0.3, 0.4) is 0 Å². The van der Waals surface area contributed by atoms with E-state index in [1.165, 1.54) is 11.3 Å². The molecule has 1 N–H and O–H groups in total. The van der Waals surface area contributed by atoms with Gasteiger partial charge in [-0.2, -0.15) is 0 Å². The Morgan fingerprint density at radius 3 is 2.80 bits per heavy atom. The molecule has 1 aromatic rings. The van der Waals surface area contributed by atoms with E-state index in [1.807, 2.05) is 18.4 Å². The Hall–Kier alpha value is -1.43. The van der Waals surface area contributed by atoms with E-state index in [4.69, 9.17) is 5.11 Å². The summed E-state index contributed by atoms with van der Waals surface area (Å²) >= 11 is 1.37. The number of hydrogen-bond acceptors (Lipinski definition) is 4. The van der Waals surface area contributed by atoms with Gasteiger partial charge in [0.2, 0.25) is 6.54 Å². The van der Waals surface area contributed by atoms with E-state index in [0.717, 1.165) is 10.4 Å². The van der Waals surface area contributed by atoms with Gasteiger partial charge >= 0.3 is 5.97 Å². The highest BCUT2D eigenvalue weighted by Crippen LogP contribution is 2.26. The number of carboxylic acid groups (broad SMARTS) is 1. The van der Waals surface area contributed by atoms with Crippen LogP contribution in [0.5, 0.6) is 0 Å². The van der Waals surface area contributed by atoms with Gasteiger partial charge in [-0.15, -0.1) is 11.3 Å². The molecule has 0 saturated carbocycles. The predicted molar refractivity (Wildman–Crippen MR) is 55.9 cm³/mol. The molecule has 1 unspecified atom stereocenters. The Morgan fingerprint density at radius 1 is 1.73 bits per heavy atom. The minimum absolute atomic E-state index is 0.194. The van der Waals surface area contributed by atoms with Crippen LogP contribution in [0.2, 0.25) is 0 Å². The molecule has 1 heterocycles. The lowest BCUT2D eigenvalue weighted by Gasteiger charge is -2.07. The molecule has 0 bridgehead atoms. The lowest BCUT2D eigenvalue weighted by Crippen LogP contribution is -2.15. The normalized spacial score (nSPS) is 12.3. The van der Waals surface area contributed by atoms with E-state index < -0.39 is 16.8 Å². The quantitative estimate of drug-likeness (QED) is 0.617. The summed E-state index contributed by atoms with van der Waals surface area (Å²) in [6, 6.07) is 1.81. The molecule has 0 aliphatic rings. The third kappa shape index (κ3) is 3.67. The van der Waals surface area contributed by atoms with Crippen LogP contribution >= 0.6 is 11.3 Å². The summed E-state index contributed by atoms with van der Waals surface area (Å²) < 4.78 is 0. The molecule has 6 heteroatoms. The molecule has 1 rings (SSSR count). The SMILES string of the molecule is Cc1csc(C(CC(=O)O)C[N+](=O)[O-])c1. The summed E-state index contributed by atoms with van der Waals surface area (Å²) in [5.41, 5.74) is 1.01. The van der Waals surface area contributed by atoms with Gasteiger partial charge in [0, 0.05) is 9.80 Å². The third-order valence-electron chi connectivity index (χ3n) is 1.94. The molecule has 1 aromatic heterocycles. The molecule has 1 atom stereocenters. The van der Waals surface area contributed by atoms with Crippen molar-refractivity contribution in [1.29, 1.82) is 0 Å². The van der Waals surface area contributed by atoms with Gasteiger partial charge in [0.05, 0.1) is 12.3 Å². The van der Waals surface area contributed by atoms with Crippen LogP contribution in [-0.4, -0.2) is 22.5 Å². The number of rotatable bonds is 5. The average Bonchev–Trinajstić information content (AvgIpc) is 2.48. The Labute approximate surface area is 90.5 Å². The second-order valence-electron chi connectivity index (χ2n) is 3.34. The summed E-state index contributed by atoms with van der Waals surface area (Å²) in [4.78, 5) is 21.2. The fourth-order valence-corrected chi connectivity index (χ4v) is 2.31. The molecule has 0 radical (unpaired) electrons. The highest BCUT2D eigenvalue weighted by Gasteiger charge is 2.22. The molecule has 0 spiro atoms. The monoisotopic (exact) mass is 229 g/mol. The molecular weight excluding hydrogens is 218 g/mol. The first-order valence-corrected chi connectivity index (χ1v) is 5.25. The van der Waals surface area contributed by atoms with Gasteiger partial charge in [0.1, 0.15) is 0 Å². The number of hydrogen-bond donors (Lipinski definition) is 1.